The summed E-state index contributed by atoms with van der Waals surface area (Å²) in [6, 6.07) is 3.33. The van der Waals surface area contributed by atoms with E-state index in [0.29, 0.717) is 10.7 Å². The molecule has 6 heteroatoms. The van der Waals surface area contributed by atoms with Crippen molar-refractivity contribution in [3.8, 4) is 0 Å². The second-order valence-electron chi connectivity index (χ2n) is 2.95. The van der Waals surface area contributed by atoms with Crippen molar-refractivity contribution in [1.29, 1.82) is 0 Å². The van der Waals surface area contributed by atoms with Crippen molar-refractivity contribution in [2.24, 2.45) is 0 Å². The largest absolute Gasteiger partial charge is 0.395 e. The van der Waals surface area contributed by atoms with Crippen molar-refractivity contribution in [3.05, 3.63) is 17.8 Å². The maximum atomic E-state index is 11.1. The molecule has 0 aliphatic heterocycles. The zero-order valence-corrected chi connectivity index (χ0v) is 9.41. The Morgan fingerprint density at radius 2 is 2.33 bits per heavy atom. The number of carbonyl (C=O) groups is 1. The Morgan fingerprint density at radius 3 is 2.80 bits per heavy atom. The molecule has 82 valence electrons. The number of aliphatic hydroxyl groups excluding tert-OH is 1. The second-order valence-corrected chi connectivity index (χ2v) is 4.41. The van der Waals surface area contributed by atoms with Crippen molar-refractivity contribution in [3.63, 3.8) is 0 Å². The van der Waals surface area contributed by atoms with Gasteiger partial charge in [0, 0.05) is 12.3 Å². The monoisotopic (exact) mass is 227 g/mol. The minimum absolute atomic E-state index is 0.0742. The molecule has 1 amide bonds. The molecule has 15 heavy (non-hydrogen) atoms. The summed E-state index contributed by atoms with van der Waals surface area (Å²) in [6.45, 7) is 1.97. The third-order valence-electron chi connectivity index (χ3n) is 1.68. The lowest BCUT2D eigenvalue weighted by Gasteiger charge is -2.05. The first-order chi connectivity index (χ1) is 7.17. The standard InChI is InChI=1S/C9H13N3O2S/c1-6(5-13)15-8-4-3-7(11-12-8)9(14)10-2/h3-4,6,13H,5H2,1-2H3,(H,10,14). The van der Waals surface area contributed by atoms with Crippen molar-refractivity contribution < 1.29 is 9.90 Å². The van der Waals surface area contributed by atoms with E-state index < -0.39 is 0 Å². The molecule has 0 aromatic carbocycles. The van der Waals surface area contributed by atoms with Crippen LogP contribution < -0.4 is 5.32 Å². The molecule has 0 saturated heterocycles. The van der Waals surface area contributed by atoms with E-state index in [2.05, 4.69) is 15.5 Å². The van der Waals surface area contributed by atoms with Gasteiger partial charge >= 0.3 is 0 Å². The van der Waals surface area contributed by atoms with Crippen LogP contribution in [0.25, 0.3) is 0 Å². The first-order valence-electron chi connectivity index (χ1n) is 4.50. The molecule has 0 aliphatic carbocycles. The molecule has 0 radical (unpaired) electrons. The van der Waals surface area contributed by atoms with Gasteiger partial charge in [0.25, 0.3) is 5.91 Å². The van der Waals surface area contributed by atoms with Crippen LogP contribution in [0.1, 0.15) is 17.4 Å². The molecule has 5 nitrogen and oxygen atoms in total. The molecule has 1 aromatic rings. The Balaban J connectivity index is 2.68. The fourth-order valence-electron chi connectivity index (χ4n) is 0.875. The average Bonchev–Trinajstić information content (AvgIpc) is 2.29. The molecule has 0 aliphatic rings. The van der Waals surface area contributed by atoms with E-state index in [1.54, 1.807) is 19.2 Å². The van der Waals surface area contributed by atoms with E-state index in [1.807, 2.05) is 6.92 Å². The zero-order valence-electron chi connectivity index (χ0n) is 8.60. The van der Waals surface area contributed by atoms with Gasteiger partial charge in [0.2, 0.25) is 0 Å². The van der Waals surface area contributed by atoms with Crippen LogP contribution in [0.15, 0.2) is 17.2 Å². The van der Waals surface area contributed by atoms with Crippen LogP contribution in [0.4, 0.5) is 0 Å². The molecule has 0 spiro atoms. The van der Waals surface area contributed by atoms with E-state index >= 15 is 0 Å². The molecule has 1 heterocycles. The van der Waals surface area contributed by atoms with Crippen LogP contribution in [0, 0.1) is 0 Å². The highest BCUT2D eigenvalue weighted by Gasteiger charge is 2.07. The third-order valence-corrected chi connectivity index (χ3v) is 2.69. The van der Waals surface area contributed by atoms with E-state index in [-0.39, 0.29) is 17.8 Å². The third kappa shape index (κ3) is 3.49. The summed E-state index contributed by atoms with van der Waals surface area (Å²) >= 11 is 1.42. The molecule has 0 fully saturated rings. The van der Waals surface area contributed by atoms with Crippen LogP contribution in [-0.4, -0.2) is 40.1 Å². The average molecular weight is 227 g/mol. The van der Waals surface area contributed by atoms with E-state index in [1.165, 1.54) is 11.8 Å². The summed E-state index contributed by atoms with van der Waals surface area (Å²) in [4.78, 5) is 11.1. The van der Waals surface area contributed by atoms with Gasteiger partial charge in [0.1, 0.15) is 5.03 Å². The van der Waals surface area contributed by atoms with Gasteiger partial charge in [-0.2, -0.15) is 0 Å². The Labute approximate surface area is 92.3 Å². The van der Waals surface area contributed by atoms with Crippen LogP contribution in [-0.2, 0) is 0 Å². The summed E-state index contributed by atoms with van der Waals surface area (Å²) in [5.41, 5.74) is 0.290. The number of aromatic nitrogens is 2. The first-order valence-corrected chi connectivity index (χ1v) is 5.38. The Hall–Kier alpha value is -1.14. The van der Waals surface area contributed by atoms with E-state index in [9.17, 15) is 4.79 Å². The molecular formula is C9H13N3O2S. The lowest BCUT2D eigenvalue weighted by atomic mass is 10.4. The number of thioether (sulfide) groups is 1. The van der Waals surface area contributed by atoms with Crippen molar-refractivity contribution >= 4 is 17.7 Å². The Kier molecular flexibility index (Phi) is 4.51. The number of aliphatic hydroxyl groups is 1. The van der Waals surface area contributed by atoms with Crippen molar-refractivity contribution in [2.75, 3.05) is 13.7 Å². The fraction of sp³-hybridized carbons (Fsp3) is 0.444. The van der Waals surface area contributed by atoms with Gasteiger partial charge < -0.3 is 10.4 Å². The zero-order chi connectivity index (χ0) is 11.3. The molecular weight excluding hydrogens is 214 g/mol. The lowest BCUT2D eigenvalue weighted by Crippen LogP contribution is -2.19. The van der Waals surface area contributed by atoms with Crippen LogP contribution in [0.5, 0.6) is 0 Å². The highest BCUT2D eigenvalue weighted by molar-refractivity contribution is 7.99. The van der Waals surface area contributed by atoms with E-state index in [4.69, 9.17) is 5.11 Å². The summed E-state index contributed by atoms with van der Waals surface area (Å²) in [5.74, 6) is -0.255. The minimum Gasteiger partial charge on any atom is -0.395 e. The summed E-state index contributed by atoms with van der Waals surface area (Å²) in [7, 11) is 1.54. The fourth-order valence-corrected chi connectivity index (χ4v) is 1.60. The minimum atomic E-state index is -0.255. The lowest BCUT2D eigenvalue weighted by molar-refractivity contribution is 0.0957. The number of rotatable bonds is 4. The van der Waals surface area contributed by atoms with Gasteiger partial charge in [-0.15, -0.1) is 10.2 Å². The molecule has 1 atom stereocenters. The number of amides is 1. The number of nitrogens with one attached hydrogen (secondary N) is 1. The van der Waals surface area contributed by atoms with Crippen LogP contribution in [0.2, 0.25) is 0 Å². The topological polar surface area (TPSA) is 75.1 Å². The van der Waals surface area contributed by atoms with Gasteiger partial charge in [-0.05, 0) is 12.1 Å². The molecule has 0 saturated carbocycles. The Morgan fingerprint density at radius 1 is 1.60 bits per heavy atom. The highest BCUT2D eigenvalue weighted by atomic mass is 32.2. The smallest absolute Gasteiger partial charge is 0.271 e. The first kappa shape index (κ1) is 11.9. The second kappa shape index (κ2) is 5.67. The number of carbonyl (C=O) groups excluding carboxylic acids is 1. The number of nitrogens with zero attached hydrogens (tertiary/aromatic N) is 2. The van der Waals surface area contributed by atoms with Gasteiger partial charge in [-0.25, -0.2) is 0 Å². The van der Waals surface area contributed by atoms with Crippen LogP contribution >= 0.6 is 11.8 Å². The molecule has 2 N–H and O–H groups in total. The highest BCUT2D eigenvalue weighted by Crippen LogP contribution is 2.19. The molecule has 1 rings (SSSR count). The Bertz CT molecular complexity index is 329. The van der Waals surface area contributed by atoms with Gasteiger partial charge in [0.05, 0.1) is 6.61 Å². The molecule has 1 unspecified atom stereocenters. The SMILES string of the molecule is CNC(=O)c1ccc(SC(C)CO)nn1. The van der Waals surface area contributed by atoms with Gasteiger partial charge in [0.15, 0.2) is 5.69 Å². The predicted molar refractivity (Wildman–Crippen MR) is 57.8 cm³/mol. The normalized spacial score (nSPS) is 12.2. The number of hydrogen-bond donors (Lipinski definition) is 2. The number of hydrogen-bond acceptors (Lipinski definition) is 5. The van der Waals surface area contributed by atoms with Crippen molar-refractivity contribution in [1.82, 2.24) is 15.5 Å². The molecule has 1 aromatic heterocycles. The predicted octanol–water partition coefficient (Wildman–Crippen LogP) is 0.309. The van der Waals surface area contributed by atoms with Crippen molar-refractivity contribution in [2.45, 2.75) is 17.2 Å². The summed E-state index contributed by atoms with van der Waals surface area (Å²) in [5, 5.41) is 19.7. The van der Waals surface area contributed by atoms with Gasteiger partial charge in [-0.3, -0.25) is 4.79 Å². The maximum absolute atomic E-state index is 11.1. The molecule has 0 bridgehead atoms. The van der Waals surface area contributed by atoms with Gasteiger partial charge in [-0.1, -0.05) is 18.7 Å². The van der Waals surface area contributed by atoms with Crippen LogP contribution in [0.3, 0.4) is 0 Å². The maximum Gasteiger partial charge on any atom is 0.271 e. The van der Waals surface area contributed by atoms with E-state index in [0.717, 1.165) is 0 Å². The summed E-state index contributed by atoms with van der Waals surface area (Å²) < 4.78 is 0. The quantitative estimate of drug-likeness (QED) is 0.724. The summed E-state index contributed by atoms with van der Waals surface area (Å²) in [6.07, 6.45) is 0.